The maximum Gasteiger partial charge on any atom is 0.255 e. The number of nitrogens with zero attached hydrogens (tertiary/aromatic N) is 1. The summed E-state index contributed by atoms with van der Waals surface area (Å²) < 4.78 is 5.98. The van der Waals surface area contributed by atoms with Crippen molar-refractivity contribution in [1.82, 2.24) is 10.2 Å². The molecule has 2 aliphatic rings. The summed E-state index contributed by atoms with van der Waals surface area (Å²) in [4.78, 5) is 37.9. The van der Waals surface area contributed by atoms with Crippen LogP contribution in [0, 0.1) is 6.92 Å². The molecule has 3 amide bonds. The Morgan fingerprint density at radius 2 is 2.04 bits per heavy atom. The quantitative estimate of drug-likeness (QED) is 0.803. The van der Waals surface area contributed by atoms with Crippen LogP contribution in [0.4, 0.5) is 0 Å². The standard InChI is InChI=1S/C21H19ClN2O4/c1-12-7-13(9-14(22)8-12)11-28-18-4-2-3-15-16(18)10-24(21(15)27)17-5-6-19(25)23-20(17)26/h2-4,7-9,17H,5-6,10-11H2,1H3,(H,23,25,26). The molecule has 7 heteroatoms. The van der Waals surface area contributed by atoms with E-state index >= 15 is 0 Å². The summed E-state index contributed by atoms with van der Waals surface area (Å²) in [6.07, 6.45) is 0.566. The van der Waals surface area contributed by atoms with Gasteiger partial charge in [0.05, 0.1) is 6.54 Å². The predicted molar refractivity (Wildman–Crippen MR) is 103 cm³/mol. The fraction of sp³-hybridized carbons (Fsp3) is 0.286. The number of halogens is 1. The third-order valence-electron chi connectivity index (χ3n) is 5.04. The number of ether oxygens (including phenoxy) is 1. The number of carbonyl (C=O) groups excluding carboxylic acids is 3. The van der Waals surface area contributed by atoms with Crippen LogP contribution in [0.2, 0.25) is 5.02 Å². The third kappa shape index (κ3) is 3.47. The second-order valence-corrected chi connectivity index (χ2v) is 7.54. The highest BCUT2D eigenvalue weighted by Crippen LogP contribution is 2.34. The van der Waals surface area contributed by atoms with Crippen LogP contribution in [0.3, 0.4) is 0 Å². The molecule has 144 valence electrons. The second kappa shape index (κ2) is 7.28. The Labute approximate surface area is 167 Å². The zero-order valence-electron chi connectivity index (χ0n) is 15.3. The summed E-state index contributed by atoms with van der Waals surface area (Å²) in [7, 11) is 0. The van der Waals surface area contributed by atoms with Crippen LogP contribution >= 0.6 is 11.6 Å². The minimum atomic E-state index is -0.638. The SMILES string of the molecule is Cc1cc(Cl)cc(COc2cccc3c2CN(C2CCC(=O)NC2=O)C3=O)c1. The molecule has 2 aliphatic heterocycles. The molecule has 0 aromatic heterocycles. The van der Waals surface area contributed by atoms with E-state index < -0.39 is 11.9 Å². The van der Waals surface area contributed by atoms with E-state index in [-0.39, 0.29) is 24.8 Å². The first-order valence-electron chi connectivity index (χ1n) is 9.08. The summed E-state index contributed by atoms with van der Waals surface area (Å²) in [5.74, 6) is -0.327. The smallest absolute Gasteiger partial charge is 0.255 e. The lowest BCUT2D eigenvalue weighted by molar-refractivity contribution is -0.136. The van der Waals surface area contributed by atoms with E-state index in [0.717, 1.165) is 16.7 Å². The van der Waals surface area contributed by atoms with Gasteiger partial charge in [0.25, 0.3) is 5.91 Å². The molecule has 4 rings (SSSR count). The maximum absolute atomic E-state index is 12.8. The molecule has 0 radical (unpaired) electrons. The fourth-order valence-electron chi connectivity index (χ4n) is 3.75. The number of aryl methyl sites for hydroxylation is 1. The van der Waals surface area contributed by atoms with E-state index in [0.29, 0.717) is 29.4 Å². The number of imide groups is 1. The maximum atomic E-state index is 12.8. The molecule has 2 aromatic carbocycles. The van der Waals surface area contributed by atoms with Crippen molar-refractivity contribution in [2.24, 2.45) is 0 Å². The minimum Gasteiger partial charge on any atom is -0.489 e. The van der Waals surface area contributed by atoms with E-state index in [9.17, 15) is 14.4 Å². The monoisotopic (exact) mass is 398 g/mol. The first-order valence-corrected chi connectivity index (χ1v) is 9.45. The average molecular weight is 399 g/mol. The van der Waals surface area contributed by atoms with Crippen molar-refractivity contribution >= 4 is 29.3 Å². The van der Waals surface area contributed by atoms with Crippen molar-refractivity contribution in [3.05, 3.63) is 63.7 Å². The van der Waals surface area contributed by atoms with Crippen LogP contribution in [-0.2, 0) is 22.7 Å². The number of piperidine rings is 1. The minimum absolute atomic E-state index is 0.214. The van der Waals surface area contributed by atoms with Gasteiger partial charge >= 0.3 is 0 Å². The molecule has 0 bridgehead atoms. The third-order valence-corrected chi connectivity index (χ3v) is 5.25. The summed E-state index contributed by atoms with van der Waals surface area (Å²) in [6.45, 7) is 2.57. The second-order valence-electron chi connectivity index (χ2n) is 7.11. The van der Waals surface area contributed by atoms with E-state index in [4.69, 9.17) is 16.3 Å². The first kappa shape index (κ1) is 18.5. The molecule has 1 fully saturated rings. The van der Waals surface area contributed by atoms with Crippen molar-refractivity contribution in [3.8, 4) is 5.75 Å². The molecule has 2 aromatic rings. The first-order chi connectivity index (χ1) is 13.4. The molecule has 1 N–H and O–H groups in total. The van der Waals surface area contributed by atoms with Gasteiger partial charge in [-0.1, -0.05) is 23.7 Å². The zero-order valence-corrected chi connectivity index (χ0v) is 16.1. The Kier molecular flexibility index (Phi) is 4.81. The van der Waals surface area contributed by atoms with Crippen LogP contribution in [0.15, 0.2) is 36.4 Å². The van der Waals surface area contributed by atoms with Gasteiger partial charge in [0.15, 0.2) is 0 Å². The Hall–Kier alpha value is -2.86. The molecule has 1 unspecified atom stereocenters. The topological polar surface area (TPSA) is 75.7 Å². The Morgan fingerprint density at radius 3 is 2.79 bits per heavy atom. The lowest BCUT2D eigenvalue weighted by Gasteiger charge is -2.29. The number of rotatable bonds is 4. The van der Waals surface area contributed by atoms with Gasteiger partial charge in [0.1, 0.15) is 18.4 Å². The fourth-order valence-corrected chi connectivity index (χ4v) is 4.06. The Morgan fingerprint density at radius 1 is 1.21 bits per heavy atom. The van der Waals surface area contributed by atoms with Crippen LogP contribution < -0.4 is 10.1 Å². The van der Waals surface area contributed by atoms with Crippen molar-refractivity contribution in [2.75, 3.05) is 0 Å². The highest BCUT2D eigenvalue weighted by atomic mass is 35.5. The highest BCUT2D eigenvalue weighted by Gasteiger charge is 2.40. The molecule has 6 nitrogen and oxygen atoms in total. The van der Waals surface area contributed by atoms with Gasteiger partial charge in [-0.05, 0) is 48.7 Å². The van der Waals surface area contributed by atoms with Gasteiger partial charge in [-0.25, -0.2) is 0 Å². The van der Waals surface area contributed by atoms with Crippen LogP contribution in [0.5, 0.6) is 5.75 Å². The summed E-state index contributed by atoms with van der Waals surface area (Å²) >= 11 is 6.11. The molecule has 0 aliphatic carbocycles. The summed E-state index contributed by atoms with van der Waals surface area (Å²) in [6, 6.07) is 10.4. The van der Waals surface area contributed by atoms with Gasteiger partial charge < -0.3 is 9.64 Å². The Bertz CT molecular complexity index is 968. The number of amides is 3. The molecule has 0 spiro atoms. The summed E-state index contributed by atoms with van der Waals surface area (Å²) in [5.41, 5.74) is 3.28. The van der Waals surface area contributed by atoms with E-state index in [1.165, 1.54) is 4.90 Å². The predicted octanol–water partition coefficient (Wildman–Crippen LogP) is 2.99. The lowest BCUT2D eigenvalue weighted by Crippen LogP contribution is -2.52. The van der Waals surface area contributed by atoms with E-state index in [2.05, 4.69) is 5.32 Å². The molecule has 1 atom stereocenters. The number of nitrogens with one attached hydrogen (secondary N) is 1. The average Bonchev–Trinajstić information content (AvgIpc) is 2.97. The normalized spacial score (nSPS) is 18.9. The zero-order chi connectivity index (χ0) is 19.8. The number of hydrogen-bond acceptors (Lipinski definition) is 4. The highest BCUT2D eigenvalue weighted by molar-refractivity contribution is 6.30. The molecule has 28 heavy (non-hydrogen) atoms. The van der Waals surface area contributed by atoms with E-state index in [1.807, 2.05) is 31.2 Å². The van der Waals surface area contributed by atoms with Crippen LogP contribution in [0.1, 0.15) is 39.9 Å². The number of benzene rings is 2. The number of carbonyl (C=O) groups is 3. The van der Waals surface area contributed by atoms with Gasteiger partial charge in [0.2, 0.25) is 11.8 Å². The number of fused-ring (bicyclic) bond motifs is 1. The molecule has 2 heterocycles. The number of hydrogen-bond donors (Lipinski definition) is 1. The molecular weight excluding hydrogens is 380 g/mol. The van der Waals surface area contributed by atoms with Crippen molar-refractivity contribution in [1.29, 1.82) is 0 Å². The van der Waals surface area contributed by atoms with Crippen molar-refractivity contribution in [2.45, 2.75) is 39.0 Å². The van der Waals surface area contributed by atoms with Crippen molar-refractivity contribution in [3.63, 3.8) is 0 Å². The molecule has 1 saturated heterocycles. The van der Waals surface area contributed by atoms with Crippen LogP contribution in [-0.4, -0.2) is 28.7 Å². The van der Waals surface area contributed by atoms with Gasteiger partial charge in [-0.3, -0.25) is 19.7 Å². The van der Waals surface area contributed by atoms with Crippen molar-refractivity contribution < 1.29 is 19.1 Å². The molecule has 0 saturated carbocycles. The summed E-state index contributed by atoms with van der Waals surface area (Å²) in [5, 5.41) is 2.96. The largest absolute Gasteiger partial charge is 0.489 e. The lowest BCUT2D eigenvalue weighted by atomic mass is 10.0. The van der Waals surface area contributed by atoms with Gasteiger partial charge in [-0.2, -0.15) is 0 Å². The van der Waals surface area contributed by atoms with E-state index in [1.54, 1.807) is 12.1 Å². The van der Waals surface area contributed by atoms with Gasteiger partial charge in [0, 0.05) is 22.6 Å². The molecular formula is C21H19ClN2O4. The Balaban J connectivity index is 1.54. The van der Waals surface area contributed by atoms with Gasteiger partial charge in [-0.15, -0.1) is 0 Å². The van der Waals surface area contributed by atoms with Crippen LogP contribution in [0.25, 0.3) is 0 Å².